The van der Waals surface area contributed by atoms with Crippen LogP contribution in [0.15, 0.2) is 18.5 Å². The van der Waals surface area contributed by atoms with Gasteiger partial charge in [-0.3, -0.25) is 10.1 Å². The highest BCUT2D eigenvalue weighted by Gasteiger charge is 2.10. The van der Waals surface area contributed by atoms with Gasteiger partial charge in [0.2, 0.25) is 0 Å². The first-order valence-electron chi connectivity index (χ1n) is 5.80. The number of aromatic nitrogens is 4. The molecule has 2 aromatic rings. The van der Waals surface area contributed by atoms with Gasteiger partial charge in [-0.1, -0.05) is 0 Å². The van der Waals surface area contributed by atoms with Crippen molar-refractivity contribution in [2.24, 2.45) is 12.9 Å². The first kappa shape index (κ1) is 13.7. The van der Waals surface area contributed by atoms with Crippen LogP contribution in [0.2, 0.25) is 0 Å². The zero-order chi connectivity index (χ0) is 14.5. The van der Waals surface area contributed by atoms with Crippen molar-refractivity contribution in [1.82, 2.24) is 19.7 Å². The zero-order valence-electron chi connectivity index (χ0n) is 10.8. The van der Waals surface area contributed by atoms with E-state index in [4.69, 9.17) is 5.84 Å². The van der Waals surface area contributed by atoms with Gasteiger partial charge in [-0.2, -0.15) is 0 Å². The second-order valence-corrected chi connectivity index (χ2v) is 4.03. The van der Waals surface area contributed by atoms with Crippen LogP contribution in [-0.2, 0) is 13.5 Å². The molecule has 0 aromatic carbocycles. The Morgan fingerprint density at radius 3 is 2.80 bits per heavy atom. The van der Waals surface area contributed by atoms with Crippen molar-refractivity contribution in [3.63, 3.8) is 0 Å². The summed E-state index contributed by atoms with van der Waals surface area (Å²) < 4.78 is 1.80. The first-order chi connectivity index (χ1) is 9.60. The lowest BCUT2D eigenvalue weighted by atomic mass is 10.3. The predicted molar refractivity (Wildman–Crippen MR) is 71.9 cm³/mol. The van der Waals surface area contributed by atoms with E-state index in [0.717, 1.165) is 5.82 Å². The number of nitro groups is 1. The van der Waals surface area contributed by atoms with Crippen LogP contribution >= 0.6 is 0 Å². The summed E-state index contributed by atoms with van der Waals surface area (Å²) in [5.74, 6) is 6.63. The molecule has 2 heterocycles. The Hall–Kier alpha value is -2.75. The lowest BCUT2D eigenvalue weighted by Crippen LogP contribution is -2.13. The van der Waals surface area contributed by atoms with Gasteiger partial charge in [-0.15, -0.1) is 10.2 Å². The van der Waals surface area contributed by atoms with Crippen LogP contribution in [0.4, 0.5) is 17.3 Å². The molecule has 0 fully saturated rings. The average molecular weight is 278 g/mol. The number of hydrazine groups is 1. The maximum atomic E-state index is 10.8. The van der Waals surface area contributed by atoms with Gasteiger partial charge in [0.25, 0.3) is 5.69 Å². The van der Waals surface area contributed by atoms with E-state index in [-0.39, 0.29) is 11.5 Å². The fourth-order valence-corrected chi connectivity index (χ4v) is 1.62. The molecule has 0 radical (unpaired) electrons. The van der Waals surface area contributed by atoms with Crippen molar-refractivity contribution in [1.29, 1.82) is 0 Å². The fourth-order valence-electron chi connectivity index (χ4n) is 1.62. The SMILES string of the molecule is Cn1cnnc1CCNc1cc([N+](=O)[O-])cc(NN)n1. The highest BCUT2D eigenvalue weighted by atomic mass is 16.6. The number of nitrogens with zero attached hydrogens (tertiary/aromatic N) is 5. The van der Waals surface area contributed by atoms with Gasteiger partial charge in [0.15, 0.2) is 0 Å². The minimum atomic E-state index is -0.504. The molecule has 0 spiro atoms. The van der Waals surface area contributed by atoms with Crippen LogP contribution in [0.3, 0.4) is 0 Å². The summed E-state index contributed by atoms with van der Waals surface area (Å²) in [5, 5.41) is 21.5. The lowest BCUT2D eigenvalue weighted by Gasteiger charge is -2.07. The van der Waals surface area contributed by atoms with Crippen molar-refractivity contribution in [2.75, 3.05) is 17.3 Å². The van der Waals surface area contributed by atoms with Gasteiger partial charge in [0, 0.05) is 20.0 Å². The van der Waals surface area contributed by atoms with Crippen molar-refractivity contribution in [3.8, 4) is 0 Å². The Bertz CT molecular complexity index is 611. The second-order valence-electron chi connectivity index (χ2n) is 4.03. The van der Waals surface area contributed by atoms with E-state index >= 15 is 0 Å². The molecule has 0 aliphatic rings. The lowest BCUT2D eigenvalue weighted by molar-refractivity contribution is -0.384. The van der Waals surface area contributed by atoms with Crippen LogP contribution in [0, 0.1) is 10.1 Å². The van der Waals surface area contributed by atoms with Crippen LogP contribution in [0.5, 0.6) is 0 Å². The summed E-state index contributed by atoms with van der Waals surface area (Å²) in [4.78, 5) is 14.4. The van der Waals surface area contributed by atoms with Crippen molar-refractivity contribution in [3.05, 3.63) is 34.4 Å². The van der Waals surface area contributed by atoms with Crippen LogP contribution < -0.4 is 16.6 Å². The summed E-state index contributed by atoms with van der Waals surface area (Å²) in [7, 11) is 1.84. The molecule has 10 heteroatoms. The Balaban J connectivity index is 2.03. The van der Waals surface area contributed by atoms with E-state index in [2.05, 4.69) is 25.9 Å². The van der Waals surface area contributed by atoms with E-state index in [1.807, 2.05) is 7.05 Å². The van der Waals surface area contributed by atoms with Crippen molar-refractivity contribution in [2.45, 2.75) is 6.42 Å². The molecule has 0 aliphatic carbocycles. The van der Waals surface area contributed by atoms with E-state index in [9.17, 15) is 10.1 Å². The van der Waals surface area contributed by atoms with Gasteiger partial charge in [-0.25, -0.2) is 10.8 Å². The van der Waals surface area contributed by atoms with E-state index in [1.165, 1.54) is 12.1 Å². The van der Waals surface area contributed by atoms with Crippen molar-refractivity contribution < 1.29 is 4.92 Å². The highest BCUT2D eigenvalue weighted by Crippen LogP contribution is 2.19. The van der Waals surface area contributed by atoms with E-state index in [0.29, 0.717) is 18.8 Å². The summed E-state index contributed by atoms with van der Waals surface area (Å²) in [5.41, 5.74) is 2.20. The topological polar surface area (TPSA) is 137 Å². The molecular weight excluding hydrogens is 264 g/mol. The second kappa shape index (κ2) is 5.93. The molecule has 0 saturated carbocycles. The third-order valence-corrected chi connectivity index (χ3v) is 2.63. The van der Waals surface area contributed by atoms with Crippen molar-refractivity contribution >= 4 is 17.3 Å². The Labute approximate surface area is 114 Å². The van der Waals surface area contributed by atoms with Gasteiger partial charge < -0.3 is 15.3 Å². The van der Waals surface area contributed by atoms with Crippen LogP contribution in [0.1, 0.15) is 5.82 Å². The Kier molecular flexibility index (Phi) is 4.05. The third kappa shape index (κ3) is 3.17. The molecule has 0 saturated heterocycles. The largest absolute Gasteiger partial charge is 0.369 e. The number of rotatable bonds is 6. The van der Waals surface area contributed by atoms with E-state index in [1.54, 1.807) is 10.9 Å². The number of nitrogens with one attached hydrogen (secondary N) is 2. The number of hydrogen-bond donors (Lipinski definition) is 3. The Morgan fingerprint density at radius 1 is 1.45 bits per heavy atom. The molecule has 2 aromatic heterocycles. The molecule has 0 unspecified atom stereocenters. The maximum Gasteiger partial charge on any atom is 0.276 e. The van der Waals surface area contributed by atoms with Gasteiger partial charge in [-0.05, 0) is 0 Å². The van der Waals surface area contributed by atoms with Crippen LogP contribution in [-0.4, -0.2) is 31.2 Å². The standard InChI is InChI=1S/C10H14N8O2/c1-17-6-13-16-10(17)2-3-12-8-4-7(18(19)20)5-9(14-8)15-11/h4-6H,2-3,11H2,1H3,(H2,12,14,15). The first-order valence-corrected chi connectivity index (χ1v) is 5.80. The quantitative estimate of drug-likeness (QED) is 0.383. The number of aryl methyl sites for hydroxylation is 1. The molecule has 10 nitrogen and oxygen atoms in total. The van der Waals surface area contributed by atoms with Gasteiger partial charge in [0.05, 0.1) is 17.1 Å². The molecular formula is C10H14N8O2. The minimum absolute atomic E-state index is 0.0888. The predicted octanol–water partition coefficient (Wildman–Crippen LogP) is 0.0585. The molecule has 0 atom stereocenters. The molecule has 2 rings (SSSR count). The average Bonchev–Trinajstić information content (AvgIpc) is 2.84. The van der Waals surface area contributed by atoms with Crippen LogP contribution in [0.25, 0.3) is 0 Å². The molecule has 0 bridgehead atoms. The monoisotopic (exact) mass is 278 g/mol. The number of hydrogen-bond acceptors (Lipinski definition) is 8. The number of pyridine rings is 1. The fraction of sp³-hybridized carbons (Fsp3) is 0.300. The summed E-state index contributed by atoms with van der Waals surface area (Å²) in [6.45, 7) is 0.519. The number of anilines is 2. The molecule has 4 N–H and O–H groups in total. The molecule has 0 aliphatic heterocycles. The summed E-state index contributed by atoms with van der Waals surface area (Å²) in [6.07, 6.45) is 2.23. The smallest absolute Gasteiger partial charge is 0.276 e. The van der Waals surface area contributed by atoms with Gasteiger partial charge >= 0.3 is 0 Å². The van der Waals surface area contributed by atoms with E-state index < -0.39 is 4.92 Å². The minimum Gasteiger partial charge on any atom is -0.369 e. The number of nitrogen functional groups attached to an aromatic ring is 1. The maximum absolute atomic E-state index is 10.8. The molecule has 20 heavy (non-hydrogen) atoms. The molecule has 106 valence electrons. The Morgan fingerprint density at radius 2 is 2.20 bits per heavy atom. The number of nitrogens with two attached hydrogens (primary N) is 1. The molecule has 0 amide bonds. The zero-order valence-corrected chi connectivity index (χ0v) is 10.8. The normalized spacial score (nSPS) is 10.3. The highest BCUT2D eigenvalue weighted by molar-refractivity contribution is 5.54. The van der Waals surface area contributed by atoms with Gasteiger partial charge in [0.1, 0.15) is 23.8 Å². The summed E-state index contributed by atoms with van der Waals surface area (Å²) in [6, 6.07) is 2.60. The summed E-state index contributed by atoms with van der Waals surface area (Å²) >= 11 is 0. The third-order valence-electron chi connectivity index (χ3n) is 2.63.